The number of rotatable bonds is 6. The van der Waals surface area contributed by atoms with E-state index in [-0.39, 0.29) is 18.3 Å². The van der Waals surface area contributed by atoms with E-state index < -0.39 is 0 Å². The van der Waals surface area contributed by atoms with Gasteiger partial charge in [-0.05, 0) is 18.1 Å². The minimum atomic E-state index is -0.256. The largest absolute Gasteiger partial charge is 0.469 e. The van der Waals surface area contributed by atoms with E-state index in [4.69, 9.17) is 5.73 Å². The first kappa shape index (κ1) is 15.0. The Morgan fingerprint density at radius 1 is 1.32 bits per heavy atom. The Kier molecular flexibility index (Phi) is 5.85. The van der Waals surface area contributed by atoms with Crippen molar-refractivity contribution in [2.24, 2.45) is 0 Å². The maximum absolute atomic E-state index is 12.0. The Morgan fingerprint density at radius 3 is 2.63 bits per heavy atom. The van der Waals surface area contributed by atoms with Gasteiger partial charge in [0.25, 0.3) is 0 Å². The topological polar surface area (TPSA) is 72.6 Å². The summed E-state index contributed by atoms with van der Waals surface area (Å²) in [6.45, 7) is 0.528. The Hall–Kier alpha value is -2.04. The smallest absolute Gasteiger partial charge is 0.305 e. The van der Waals surface area contributed by atoms with Crippen LogP contribution in [0.15, 0.2) is 24.3 Å². The van der Waals surface area contributed by atoms with E-state index in [0.29, 0.717) is 25.1 Å². The second-order valence-electron chi connectivity index (χ2n) is 4.37. The monoisotopic (exact) mass is 264 g/mol. The number of hydrogen-bond acceptors (Lipinski definition) is 4. The van der Waals surface area contributed by atoms with Crippen molar-refractivity contribution in [2.45, 2.75) is 19.3 Å². The lowest BCUT2D eigenvalue weighted by atomic mass is 10.1. The predicted octanol–water partition coefficient (Wildman–Crippen LogP) is 1.22. The van der Waals surface area contributed by atoms with Crippen molar-refractivity contribution in [1.29, 1.82) is 0 Å². The molecule has 0 spiro atoms. The van der Waals surface area contributed by atoms with Crippen molar-refractivity contribution in [3.63, 3.8) is 0 Å². The fourth-order valence-corrected chi connectivity index (χ4v) is 1.68. The lowest BCUT2D eigenvalue weighted by Crippen LogP contribution is -2.29. The molecule has 0 aliphatic rings. The third-order valence-electron chi connectivity index (χ3n) is 2.92. The average molecular weight is 264 g/mol. The molecule has 1 amide bonds. The Labute approximate surface area is 113 Å². The van der Waals surface area contributed by atoms with Crippen LogP contribution in [-0.2, 0) is 20.7 Å². The summed E-state index contributed by atoms with van der Waals surface area (Å²) in [6.07, 6.45) is 1.20. The van der Waals surface area contributed by atoms with Gasteiger partial charge in [0.2, 0.25) is 5.91 Å². The number of amides is 1. The predicted molar refractivity (Wildman–Crippen MR) is 73.4 cm³/mol. The second kappa shape index (κ2) is 7.41. The van der Waals surface area contributed by atoms with Crippen LogP contribution in [0.3, 0.4) is 0 Å². The van der Waals surface area contributed by atoms with Gasteiger partial charge in [-0.1, -0.05) is 18.2 Å². The molecule has 0 unspecified atom stereocenters. The number of carbonyl (C=O) groups is 2. The van der Waals surface area contributed by atoms with E-state index in [1.807, 2.05) is 18.2 Å². The van der Waals surface area contributed by atoms with Crippen molar-refractivity contribution < 1.29 is 14.3 Å². The molecule has 0 heterocycles. The van der Waals surface area contributed by atoms with Gasteiger partial charge in [0, 0.05) is 25.7 Å². The maximum Gasteiger partial charge on any atom is 0.305 e. The molecule has 0 aromatic heterocycles. The van der Waals surface area contributed by atoms with Crippen molar-refractivity contribution >= 4 is 17.6 Å². The minimum absolute atomic E-state index is 0.0113. The number of esters is 1. The van der Waals surface area contributed by atoms with E-state index in [2.05, 4.69) is 4.74 Å². The molecule has 104 valence electrons. The number of methoxy groups -OCH3 is 1. The SMILES string of the molecule is COC(=O)CCCN(C)C(=O)Cc1ccccc1N. The number of para-hydroxylation sites is 1. The van der Waals surface area contributed by atoms with Gasteiger partial charge in [0.1, 0.15) is 0 Å². The summed E-state index contributed by atoms with van der Waals surface area (Å²) in [4.78, 5) is 24.5. The molecule has 0 fully saturated rings. The Balaban J connectivity index is 2.41. The number of nitrogens with zero attached hydrogens (tertiary/aromatic N) is 1. The molecule has 1 aromatic carbocycles. The number of nitrogens with two attached hydrogens (primary N) is 1. The fourth-order valence-electron chi connectivity index (χ4n) is 1.68. The molecule has 0 atom stereocenters. The number of anilines is 1. The standard InChI is InChI=1S/C14H20N2O3/c1-16(9-5-8-14(18)19-2)13(17)10-11-6-3-4-7-12(11)15/h3-4,6-7H,5,8-10,15H2,1-2H3. The van der Waals surface area contributed by atoms with Gasteiger partial charge in [0.05, 0.1) is 13.5 Å². The van der Waals surface area contributed by atoms with Gasteiger partial charge in [0.15, 0.2) is 0 Å². The molecule has 1 aromatic rings. The van der Waals surface area contributed by atoms with E-state index in [0.717, 1.165) is 5.56 Å². The van der Waals surface area contributed by atoms with E-state index in [1.54, 1.807) is 18.0 Å². The van der Waals surface area contributed by atoms with Crippen LogP contribution in [0.25, 0.3) is 0 Å². The van der Waals surface area contributed by atoms with Crippen LogP contribution in [-0.4, -0.2) is 37.5 Å². The van der Waals surface area contributed by atoms with E-state index >= 15 is 0 Å². The van der Waals surface area contributed by atoms with Gasteiger partial charge in [-0.3, -0.25) is 9.59 Å². The summed E-state index contributed by atoms with van der Waals surface area (Å²) < 4.78 is 4.54. The molecule has 0 saturated heterocycles. The van der Waals surface area contributed by atoms with Crippen LogP contribution in [0, 0.1) is 0 Å². The Bertz CT molecular complexity index is 446. The van der Waals surface area contributed by atoms with Gasteiger partial charge in [-0.15, -0.1) is 0 Å². The first-order valence-corrected chi connectivity index (χ1v) is 6.18. The molecule has 19 heavy (non-hydrogen) atoms. The third-order valence-corrected chi connectivity index (χ3v) is 2.92. The zero-order valence-electron chi connectivity index (χ0n) is 11.4. The molecule has 0 saturated carbocycles. The summed E-state index contributed by atoms with van der Waals surface area (Å²) in [5.74, 6) is -0.268. The number of nitrogen functional groups attached to an aromatic ring is 1. The quantitative estimate of drug-likeness (QED) is 0.619. The van der Waals surface area contributed by atoms with Crippen molar-refractivity contribution in [1.82, 2.24) is 4.90 Å². The van der Waals surface area contributed by atoms with Gasteiger partial charge >= 0.3 is 5.97 Å². The highest BCUT2D eigenvalue weighted by molar-refractivity contribution is 5.80. The van der Waals surface area contributed by atoms with Crippen LogP contribution < -0.4 is 5.73 Å². The number of benzene rings is 1. The molecule has 0 bridgehead atoms. The summed E-state index contributed by atoms with van der Waals surface area (Å²) in [5.41, 5.74) is 7.25. The lowest BCUT2D eigenvalue weighted by molar-refractivity contribution is -0.141. The highest BCUT2D eigenvalue weighted by atomic mass is 16.5. The fraction of sp³-hybridized carbons (Fsp3) is 0.429. The number of carbonyl (C=O) groups excluding carboxylic acids is 2. The highest BCUT2D eigenvalue weighted by Gasteiger charge is 2.11. The second-order valence-corrected chi connectivity index (χ2v) is 4.37. The summed E-state index contributed by atoms with van der Waals surface area (Å²) >= 11 is 0. The van der Waals surface area contributed by atoms with E-state index in [9.17, 15) is 9.59 Å². The van der Waals surface area contributed by atoms with Crippen molar-refractivity contribution in [2.75, 3.05) is 26.4 Å². The highest BCUT2D eigenvalue weighted by Crippen LogP contribution is 2.12. The van der Waals surface area contributed by atoms with Crippen LogP contribution >= 0.6 is 0 Å². The maximum atomic E-state index is 12.0. The minimum Gasteiger partial charge on any atom is -0.469 e. The van der Waals surface area contributed by atoms with Gasteiger partial charge in [-0.2, -0.15) is 0 Å². The molecule has 5 nitrogen and oxygen atoms in total. The zero-order chi connectivity index (χ0) is 14.3. The van der Waals surface area contributed by atoms with Crippen molar-refractivity contribution in [3.8, 4) is 0 Å². The molecular formula is C14H20N2O3. The third kappa shape index (κ3) is 4.99. The van der Waals surface area contributed by atoms with E-state index in [1.165, 1.54) is 7.11 Å². The molecule has 2 N–H and O–H groups in total. The lowest BCUT2D eigenvalue weighted by Gasteiger charge is -2.17. The van der Waals surface area contributed by atoms with Crippen LogP contribution in [0.1, 0.15) is 18.4 Å². The molecule has 0 radical (unpaired) electrons. The zero-order valence-corrected chi connectivity index (χ0v) is 11.4. The summed E-state index contributed by atoms with van der Waals surface area (Å²) in [6, 6.07) is 7.31. The molecule has 5 heteroatoms. The molecule has 0 aliphatic carbocycles. The molecule has 0 aliphatic heterocycles. The van der Waals surface area contributed by atoms with Gasteiger partial charge in [-0.25, -0.2) is 0 Å². The number of ether oxygens (including phenoxy) is 1. The molecule has 1 rings (SSSR count). The van der Waals surface area contributed by atoms with Crippen LogP contribution in [0.5, 0.6) is 0 Å². The Morgan fingerprint density at radius 2 is 2.00 bits per heavy atom. The normalized spacial score (nSPS) is 10.0. The van der Waals surface area contributed by atoms with Crippen LogP contribution in [0.4, 0.5) is 5.69 Å². The molecular weight excluding hydrogens is 244 g/mol. The summed E-state index contributed by atoms with van der Waals surface area (Å²) in [7, 11) is 3.08. The first-order valence-electron chi connectivity index (χ1n) is 6.18. The van der Waals surface area contributed by atoms with Crippen molar-refractivity contribution in [3.05, 3.63) is 29.8 Å². The van der Waals surface area contributed by atoms with Gasteiger partial charge < -0.3 is 15.4 Å². The van der Waals surface area contributed by atoms with Crippen LogP contribution in [0.2, 0.25) is 0 Å². The number of likely N-dealkylation sites (N-methyl/N-ethyl adjacent to an activating group) is 1. The number of hydrogen-bond donors (Lipinski definition) is 1. The summed E-state index contributed by atoms with van der Waals surface area (Å²) in [5, 5.41) is 0. The first-order chi connectivity index (χ1) is 9.04. The average Bonchev–Trinajstić information content (AvgIpc) is 2.40.